The number of hydrogen-bond acceptors (Lipinski definition) is 6. The van der Waals surface area contributed by atoms with Crippen molar-refractivity contribution in [2.45, 2.75) is 116 Å². The number of carbonyl (C=O) groups is 4. The molecule has 0 aromatic carbocycles. The van der Waals surface area contributed by atoms with Gasteiger partial charge in [0.1, 0.15) is 6.61 Å². The van der Waals surface area contributed by atoms with Crippen LogP contribution < -0.4 is 10.6 Å². The number of methoxy groups -OCH3 is 1. The van der Waals surface area contributed by atoms with E-state index in [0.717, 1.165) is 77.0 Å². The molecule has 3 N–H and O–H groups in total. The van der Waals surface area contributed by atoms with E-state index >= 15 is 0 Å². The van der Waals surface area contributed by atoms with Crippen LogP contribution in [0.25, 0.3) is 0 Å². The number of ether oxygens (including phenoxy) is 1. The summed E-state index contributed by atoms with van der Waals surface area (Å²) in [5, 5.41) is 15.8. The van der Waals surface area contributed by atoms with Crippen molar-refractivity contribution in [3.05, 3.63) is 0 Å². The van der Waals surface area contributed by atoms with Crippen molar-refractivity contribution in [2.75, 3.05) is 13.7 Å². The fourth-order valence-electron chi connectivity index (χ4n) is 8.33. The molecule has 4 rings (SSSR count). The first-order valence-corrected chi connectivity index (χ1v) is 16.0. The van der Waals surface area contributed by atoms with E-state index in [1.54, 1.807) is 0 Å². The van der Waals surface area contributed by atoms with Crippen LogP contribution in [0.4, 0.5) is 0 Å². The minimum absolute atomic E-state index is 0.00948. The number of aliphatic hydroxyl groups is 1. The quantitative estimate of drug-likeness (QED) is 0.383. The van der Waals surface area contributed by atoms with Crippen molar-refractivity contribution in [3.8, 4) is 0 Å². The molecule has 0 aromatic rings. The molecule has 8 heteroatoms. The van der Waals surface area contributed by atoms with E-state index in [4.69, 9.17) is 9.84 Å². The standard InChI is InChI=1S/C32H52N2O6/c1-19-16-25(12-14-27(19)33-30(37)22-6-4-21(5-7-22)29(36)18-35)26-13-15-28(20(2)17-26)34-31(38)23-8-10-24(11-9-23)32(39)40-3/h19-28,35H,4-18H2,1-3H3,(H,33,37)(H,34,38). The summed E-state index contributed by atoms with van der Waals surface area (Å²) in [7, 11) is 1.43. The maximum absolute atomic E-state index is 13.0. The average molecular weight is 561 g/mol. The second-order valence-electron chi connectivity index (χ2n) is 13.6. The summed E-state index contributed by atoms with van der Waals surface area (Å²) in [6.07, 6.45) is 12.5. The van der Waals surface area contributed by atoms with Gasteiger partial charge in [0.2, 0.25) is 11.8 Å². The van der Waals surface area contributed by atoms with Gasteiger partial charge >= 0.3 is 5.97 Å². The van der Waals surface area contributed by atoms with Crippen molar-refractivity contribution in [1.29, 1.82) is 0 Å². The maximum Gasteiger partial charge on any atom is 0.308 e. The molecule has 8 nitrogen and oxygen atoms in total. The minimum atomic E-state index is -0.391. The summed E-state index contributed by atoms with van der Waals surface area (Å²) >= 11 is 0. The average Bonchev–Trinajstić information content (AvgIpc) is 2.98. The van der Waals surface area contributed by atoms with Gasteiger partial charge in [-0.15, -0.1) is 0 Å². The van der Waals surface area contributed by atoms with Gasteiger partial charge in [-0.25, -0.2) is 0 Å². The Bertz CT molecular complexity index is 820. The molecule has 4 fully saturated rings. The zero-order chi connectivity index (χ0) is 28.8. The molecule has 6 atom stereocenters. The summed E-state index contributed by atoms with van der Waals surface area (Å²) in [6, 6.07) is 0.459. The number of hydrogen-bond donors (Lipinski definition) is 3. The number of ketones is 1. The number of carbonyl (C=O) groups excluding carboxylic acids is 4. The van der Waals surface area contributed by atoms with Crippen LogP contribution in [0.2, 0.25) is 0 Å². The summed E-state index contributed by atoms with van der Waals surface area (Å²) in [4.78, 5) is 49.5. The Hall–Kier alpha value is -1.96. The van der Waals surface area contributed by atoms with Gasteiger partial charge in [-0.2, -0.15) is 0 Å². The number of amides is 2. The highest BCUT2D eigenvalue weighted by molar-refractivity contribution is 5.83. The molecule has 6 unspecified atom stereocenters. The monoisotopic (exact) mass is 560 g/mol. The van der Waals surface area contributed by atoms with Gasteiger partial charge in [0.05, 0.1) is 13.0 Å². The van der Waals surface area contributed by atoms with Crippen LogP contribution in [-0.2, 0) is 23.9 Å². The van der Waals surface area contributed by atoms with Gasteiger partial charge in [-0.05, 0) is 114 Å². The van der Waals surface area contributed by atoms with Gasteiger partial charge in [0.25, 0.3) is 0 Å². The fraction of sp³-hybridized carbons (Fsp3) is 0.875. The molecule has 0 heterocycles. The van der Waals surface area contributed by atoms with E-state index in [0.29, 0.717) is 36.5 Å². The molecule has 2 amide bonds. The Balaban J connectivity index is 1.17. The number of nitrogens with one attached hydrogen (secondary N) is 2. The second-order valence-corrected chi connectivity index (χ2v) is 13.6. The largest absolute Gasteiger partial charge is 0.469 e. The third-order valence-corrected chi connectivity index (χ3v) is 11.1. The molecule has 0 spiro atoms. The first-order valence-electron chi connectivity index (χ1n) is 16.0. The predicted molar refractivity (Wildman–Crippen MR) is 152 cm³/mol. The smallest absolute Gasteiger partial charge is 0.308 e. The molecule has 4 aliphatic rings. The number of aliphatic hydroxyl groups excluding tert-OH is 1. The van der Waals surface area contributed by atoms with Crippen molar-refractivity contribution in [2.24, 2.45) is 47.3 Å². The summed E-state index contributed by atoms with van der Waals surface area (Å²) in [5.74, 6) is 2.19. The Kier molecular flexibility index (Phi) is 11.1. The first kappa shape index (κ1) is 31.0. The third kappa shape index (κ3) is 7.65. The van der Waals surface area contributed by atoms with Gasteiger partial charge in [0.15, 0.2) is 5.78 Å². The first-order chi connectivity index (χ1) is 19.2. The van der Waals surface area contributed by atoms with Gasteiger partial charge in [-0.1, -0.05) is 13.8 Å². The molecule has 0 aliphatic heterocycles. The lowest BCUT2D eigenvalue weighted by molar-refractivity contribution is -0.147. The lowest BCUT2D eigenvalue weighted by Crippen LogP contribution is -2.48. The summed E-state index contributed by atoms with van der Waals surface area (Å²) in [6.45, 7) is 4.17. The minimum Gasteiger partial charge on any atom is -0.469 e. The van der Waals surface area contributed by atoms with E-state index in [1.807, 2.05) is 0 Å². The van der Waals surface area contributed by atoms with E-state index in [-0.39, 0.29) is 59.3 Å². The maximum atomic E-state index is 13.0. The van der Waals surface area contributed by atoms with Crippen LogP contribution in [-0.4, -0.2) is 54.5 Å². The molecule has 40 heavy (non-hydrogen) atoms. The van der Waals surface area contributed by atoms with Crippen LogP contribution >= 0.6 is 0 Å². The van der Waals surface area contributed by atoms with Crippen molar-refractivity contribution < 1.29 is 29.0 Å². The molecular weight excluding hydrogens is 508 g/mol. The van der Waals surface area contributed by atoms with E-state index in [2.05, 4.69) is 24.5 Å². The molecule has 226 valence electrons. The molecule has 0 saturated heterocycles. The Labute approximate surface area is 240 Å². The van der Waals surface area contributed by atoms with Gasteiger partial charge in [-0.3, -0.25) is 19.2 Å². The van der Waals surface area contributed by atoms with Gasteiger partial charge in [0, 0.05) is 29.8 Å². The van der Waals surface area contributed by atoms with Crippen molar-refractivity contribution in [1.82, 2.24) is 10.6 Å². The normalized spacial score (nSPS) is 38.6. The molecular formula is C32H52N2O6. The fourth-order valence-corrected chi connectivity index (χ4v) is 8.33. The SMILES string of the molecule is COC(=O)C1CCC(C(=O)NC2CCC(C3CCC(NC(=O)C4CCC(C(=O)CO)CC4)C(C)C3)CC2C)CC1. The third-order valence-electron chi connectivity index (χ3n) is 11.1. The zero-order valence-electron chi connectivity index (χ0n) is 24.9. The van der Waals surface area contributed by atoms with E-state index in [9.17, 15) is 19.2 Å². The Morgan fingerprint density at radius 3 is 1.40 bits per heavy atom. The molecule has 4 aliphatic carbocycles. The molecule has 0 aromatic heterocycles. The summed E-state index contributed by atoms with van der Waals surface area (Å²) in [5.41, 5.74) is 0. The van der Waals surface area contributed by atoms with Crippen molar-refractivity contribution in [3.63, 3.8) is 0 Å². The molecule has 4 saturated carbocycles. The lowest BCUT2D eigenvalue weighted by atomic mass is 9.66. The molecule has 0 bridgehead atoms. The van der Waals surface area contributed by atoms with Crippen LogP contribution in [0, 0.1) is 47.3 Å². The van der Waals surface area contributed by atoms with Crippen LogP contribution in [0.1, 0.15) is 104 Å². The van der Waals surface area contributed by atoms with Gasteiger partial charge < -0.3 is 20.5 Å². The highest BCUT2D eigenvalue weighted by atomic mass is 16.5. The number of esters is 1. The predicted octanol–water partition coefficient (Wildman–Crippen LogP) is 4.18. The van der Waals surface area contributed by atoms with Crippen LogP contribution in [0.3, 0.4) is 0 Å². The topological polar surface area (TPSA) is 122 Å². The highest BCUT2D eigenvalue weighted by Crippen LogP contribution is 2.42. The Morgan fingerprint density at radius 1 is 0.625 bits per heavy atom. The van der Waals surface area contributed by atoms with E-state index in [1.165, 1.54) is 7.11 Å². The van der Waals surface area contributed by atoms with Crippen LogP contribution in [0.15, 0.2) is 0 Å². The van der Waals surface area contributed by atoms with Crippen molar-refractivity contribution >= 4 is 23.6 Å². The lowest BCUT2D eigenvalue weighted by Gasteiger charge is -2.43. The number of rotatable bonds is 8. The number of Topliss-reactive ketones (excluding diaryl/α,β-unsaturated/α-hetero) is 1. The van der Waals surface area contributed by atoms with Crippen LogP contribution in [0.5, 0.6) is 0 Å². The Morgan fingerprint density at radius 2 is 1.02 bits per heavy atom. The zero-order valence-corrected chi connectivity index (χ0v) is 24.9. The molecule has 0 radical (unpaired) electrons. The highest BCUT2D eigenvalue weighted by Gasteiger charge is 2.39. The summed E-state index contributed by atoms with van der Waals surface area (Å²) < 4.78 is 4.87. The van der Waals surface area contributed by atoms with E-state index < -0.39 is 6.61 Å². The second kappa shape index (κ2) is 14.3.